The fourth-order valence-corrected chi connectivity index (χ4v) is 5.57. The number of phenols is 1. The van der Waals surface area contributed by atoms with Gasteiger partial charge in [0, 0.05) is 36.5 Å². The lowest BCUT2D eigenvalue weighted by atomic mass is 9.67. The summed E-state index contributed by atoms with van der Waals surface area (Å²) in [5, 5.41) is 19.0. The molecule has 162 valence electrons. The maximum absolute atomic E-state index is 15.4. The second kappa shape index (κ2) is 7.00. The summed E-state index contributed by atoms with van der Waals surface area (Å²) >= 11 is 0. The number of nitrogens with zero attached hydrogens (tertiary/aromatic N) is 6. The molecule has 0 saturated heterocycles. The van der Waals surface area contributed by atoms with E-state index in [1.165, 1.54) is 0 Å². The van der Waals surface area contributed by atoms with Gasteiger partial charge in [-0.25, -0.2) is 14.4 Å². The van der Waals surface area contributed by atoms with E-state index in [4.69, 9.17) is 0 Å². The molecule has 0 spiro atoms. The number of benzene rings is 1. The lowest BCUT2D eigenvalue weighted by Gasteiger charge is -2.46. The van der Waals surface area contributed by atoms with Crippen LogP contribution in [0.5, 0.6) is 5.75 Å². The van der Waals surface area contributed by atoms with Gasteiger partial charge in [-0.3, -0.25) is 0 Å². The fraction of sp³-hybridized carbons (Fsp3) is 0.478. The predicted octanol–water partition coefficient (Wildman–Crippen LogP) is 4.17. The molecule has 1 aromatic carbocycles. The zero-order valence-corrected chi connectivity index (χ0v) is 18.0. The van der Waals surface area contributed by atoms with Gasteiger partial charge in [-0.05, 0) is 43.2 Å². The third-order valence-corrected chi connectivity index (χ3v) is 7.26. The summed E-state index contributed by atoms with van der Waals surface area (Å²) in [5.41, 5.74) is 1.69. The largest absolute Gasteiger partial charge is 0.507 e. The monoisotopic (exact) mass is 422 g/mol. The average Bonchev–Trinajstić information content (AvgIpc) is 3.38. The number of alkyl halides is 1. The highest BCUT2D eigenvalue weighted by atomic mass is 19.1. The van der Waals surface area contributed by atoms with Crippen LogP contribution >= 0.6 is 0 Å². The SMILES string of the molecule is CN(c1ncc(-c2ccc(-n3ccnc3)cc2O)nn1)[C@H]1C[C@]2(C)CC[C@@](C)(C2)[C@@H]1F. The molecule has 7 nitrogen and oxygen atoms in total. The minimum Gasteiger partial charge on any atom is -0.507 e. The summed E-state index contributed by atoms with van der Waals surface area (Å²) in [6.07, 6.45) is 9.54. The first-order valence-electron chi connectivity index (χ1n) is 10.7. The van der Waals surface area contributed by atoms with Crippen molar-refractivity contribution in [3.05, 3.63) is 43.1 Å². The van der Waals surface area contributed by atoms with Gasteiger partial charge in [-0.15, -0.1) is 10.2 Å². The number of halogens is 1. The number of phenolic OH excluding ortho intramolecular Hbond substituents is 1. The van der Waals surface area contributed by atoms with Crippen molar-refractivity contribution in [2.75, 3.05) is 11.9 Å². The number of hydrogen-bond acceptors (Lipinski definition) is 6. The van der Waals surface area contributed by atoms with Crippen molar-refractivity contribution in [1.82, 2.24) is 24.7 Å². The number of fused-ring (bicyclic) bond motifs is 2. The Morgan fingerprint density at radius 1 is 1.23 bits per heavy atom. The van der Waals surface area contributed by atoms with Crippen molar-refractivity contribution >= 4 is 5.95 Å². The number of rotatable bonds is 4. The van der Waals surface area contributed by atoms with Crippen LogP contribution in [0.3, 0.4) is 0 Å². The van der Waals surface area contributed by atoms with E-state index in [9.17, 15) is 5.11 Å². The fourth-order valence-electron chi connectivity index (χ4n) is 5.57. The summed E-state index contributed by atoms with van der Waals surface area (Å²) in [4.78, 5) is 10.3. The van der Waals surface area contributed by atoms with Crippen LogP contribution in [0.25, 0.3) is 16.9 Å². The molecule has 2 bridgehead atoms. The molecule has 1 N–H and O–H groups in total. The topological polar surface area (TPSA) is 80.0 Å². The lowest BCUT2D eigenvalue weighted by Crippen LogP contribution is -2.52. The molecular weight excluding hydrogens is 395 g/mol. The Morgan fingerprint density at radius 2 is 2.06 bits per heavy atom. The zero-order valence-electron chi connectivity index (χ0n) is 18.0. The summed E-state index contributed by atoms with van der Waals surface area (Å²) in [7, 11) is 1.85. The van der Waals surface area contributed by atoms with Crippen LogP contribution in [0.1, 0.15) is 39.5 Å². The molecule has 8 heteroatoms. The van der Waals surface area contributed by atoms with Crippen LogP contribution in [0.15, 0.2) is 43.1 Å². The van der Waals surface area contributed by atoms with Gasteiger partial charge < -0.3 is 14.6 Å². The van der Waals surface area contributed by atoms with E-state index < -0.39 is 6.17 Å². The van der Waals surface area contributed by atoms with Gasteiger partial charge >= 0.3 is 0 Å². The third-order valence-electron chi connectivity index (χ3n) is 7.26. The molecule has 0 radical (unpaired) electrons. The highest BCUT2D eigenvalue weighted by Crippen LogP contribution is 2.59. The first-order chi connectivity index (χ1) is 14.8. The number of hydrogen-bond donors (Lipinski definition) is 1. The minimum absolute atomic E-state index is 0.0805. The number of aromatic nitrogens is 5. The van der Waals surface area contributed by atoms with Crippen molar-refractivity contribution < 1.29 is 9.50 Å². The number of aromatic hydroxyl groups is 1. The molecule has 2 saturated carbocycles. The molecule has 2 heterocycles. The van der Waals surface area contributed by atoms with Gasteiger partial charge in [0.1, 0.15) is 17.6 Å². The molecule has 5 rings (SSSR count). The molecule has 4 atom stereocenters. The Bertz CT molecular complexity index is 1090. The maximum Gasteiger partial charge on any atom is 0.245 e. The van der Waals surface area contributed by atoms with Crippen LogP contribution in [0.4, 0.5) is 10.3 Å². The highest BCUT2D eigenvalue weighted by Gasteiger charge is 2.56. The number of anilines is 1. The number of imidazole rings is 1. The molecular formula is C23H27FN6O. The van der Waals surface area contributed by atoms with Crippen molar-refractivity contribution in [2.45, 2.75) is 51.7 Å². The molecule has 2 aliphatic carbocycles. The van der Waals surface area contributed by atoms with E-state index >= 15 is 4.39 Å². The first kappa shape index (κ1) is 19.9. The smallest absolute Gasteiger partial charge is 0.245 e. The Kier molecular flexibility index (Phi) is 4.50. The normalized spacial score (nSPS) is 29.8. The van der Waals surface area contributed by atoms with Crippen LogP contribution in [0, 0.1) is 10.8 Å². The van der Waals surface area contributed by atoms with Crippen LogP contribution in [-0.2, 0) is 0 Å². The Hall–Kier alpha value is -3.03. The summed E-state index contributed by atoms with van der Waals surface area (Å²) < 4.78 is 17.2. The maximum atomic E-state index is 15.4. The van der Waals surface area contributed by atoms with Gasteiger partial charge in [0.2, 0.25) is 5.95 Å². The molecule has 31 heavy (non-hydrogen) atoms. The van der Waals surface area contributed by atoms with Gasteiger partial charge in [-0.2, -0.15) is 0 Å². The van der Waals surface area contributed by atoms with E-state index in [2.05, 4.69) is 34.0 Å². The molecule has 2 aliphatic rings. The van der Waals surface area contributed by atoms with Crippen molar-refractivity contribution in [3.8, 4) is 22.7 Å². The van der Waals surface area contributed by atoms with Crippen molar-refractivity contribution in [2.24, 2.45) is 10.8 Å². The molecule has 3 aromatic rings. The van der Waals surface area contributed by atoms with E-state index in [1.54, 1.807) is 41.6 Å². The van der Waals surface area contributed by atoms with E-state index in [0.717, 1.165) is 31.4 Å². The van der Waals surface area contributed by atoms with Crippen LogP contribution in [0.2, 0.25) is 0 Å². The summed E-state index contributed by atoms with van der Waals surface area (Å²) in [6.45, 7) is 4.34. The second-order valence-electron chi connectivity index (χ2n) is 9.74. The van der Waals surface area contributed by atoms with Crippen molar-refractivity contribution in [1.29, 1.82) is 0 Å². The van der Waals surface area contributed by atoms with E-state index in [-0.39, 0.29) is 22.6 Å². The van der Waals surface area contributed by atoms with Crippen molar-refractivity contribution in [3.63, 3.8) is 0 Å². The van der Waals surface area contributed by atoms with Crippen LogP contribution < -0.4 is 4.90 Å². The second-order valence-corrected chi connectivity index (χ2v) is 9.74. The average molecular weight is 423 g/mol. The summed E-state index contributed by atoms with van der Waals surface area (Å²) in [5.74, 6) is 0.483. The first-order valence-corrected chi connectivity index (χ1v) is 10.7. The predicted molar refractivity (Wildman–Crippen MR) is 116 cm³/mol. The van der Waals surface area contributed by atoms with Gasteiger partial charge in [0.05, 0.1) is 24.3 Å². The van der Waals surface area contributed by atoms with Gasteiger partial charge in [0.15, 0.2) is 0 Å². The van der Waals surface area contributed by atoms with Crippen LogP contribution in [-0.4, -0.2) is 49.1 Å². The quantitative estimate of drug-likeness (QED) is 0.680. The Labute approximate surface area is 181 Å². The minimum atomic E-state index is -0.920. The molecule has 0 aliphatic heterocycles. The Balaban J connectivity index is 1.38. The molecule has 2 fully saturated rings. The summed E-state index contributed by atoms with van der Waals surface area (Å²) in [6, 6.07) is 5.02. The van der Waals surface area contributed by atoms with Gasteiger partial charge in [0.25, 0.3) is 0 Å². The lowest BCUT2D eigenvalue weighted by molar-refractivity contribution is 0.0378. The standard InChI is InChI=1S/C23H27FN6O/c1-22-6-7-23(2,13-22)20(24)18(11-22)29(3)21-26-12-17(27-28-21)16-5-4-15(10-19(16)31)30-9-8-25-14-30/h4-5,8-10,12,14,18,20,31H,6-7,11,13H2,1-3H3/t18-,20+,22-,23-/m0/s1. The molecule has 0 amide bonds. The molecule has 0 unspecified atom stereocenters. The highest BCUT2D eigenvalue weighted by molar-refractivity contribution is 5.68. The van der Waals surface area contributed by atoms with Gasteiger partial charge in [-0.1, -0.05) is 13.8 Å². The molecule has 2 aromatic heterocycles. The van der Waals surface area contributed by atoms with E-state index in [1.807, 2.05) is 18.0 Å². The third kappa shape index (κ3) is 3.34. The van der Waals surface area contributed by atoms with E-state index in [0.29, 0.717) is 17.2 Å². The Morgan fingerprint density at radius 3 is 2.74 bits per heavy atom. The zero-order chi connectivity index (χ0) is 21.8.